The van der Waals surface area contributed by atoms with Gasteiger partial charge in [0, 0.05) is 30.2 Å². The summed E-state index contributed by atoms with van der Waals surface area (Å²) in [5, 5.41) is 0.554. The van der Waals surface area contributed by atoms with Gasteiger partial charge in [-0.25, -0.2) is 0 Å². The molecule has 0 bridgehead atoms. The molecule has 0 spiro atoms. The molecule has 1 aliphatic rings. The van der Waals surface area contributed by atoms with Crippen LogP contribution in [0.1, 0.15) is 18.9 Å². The zero-order valence-electron chi connectivity index (χ0n) is 12.4. The van der Waals surface area contributed by atoms with E-state index >= 15 is 0 Å². The first kappa shape index (κ1) is 15.1. The Bertz CT molecular complexity index is 674. The lowest BCUT2D eigenvalue weighted by atomic mass is 9.95. The smallest absolute Gasteiger partial charge is 0.365 e. The highest BCUT2D eigenvalue weighted by Gasteiger charge is 2.34. The summed E-state index contributed by atoms with van der Waals surface area (Å²) >= 11 is 0. The van der Waals surface area contributed by atoms with E-state index in [1.165, 1.54) is 6.20 Å². The Morgan fingerprint density at radius 2 is 2.00 bits per heavy atom. The van der Waals surface area contributed by atoms with Gasteiger partial charge in [-0.1, -0.05) is 6.92 Å². The van der Waals surface area contributed by atoms with E-state index in [1.54, 1.807) is 18.2 Å². The van der Waals surface area contributed by atoms with Crippen LogP contribution in [0.5, 0.6) is 0 Å². The highest BCUT2D eigenvalue weighted by atomic mass is 19.4. The van der Waals surface area contributed by atoms with Crippen LogP contribution < -0.4 is 10.6 Å². The van der Waals surface area contributed by atoms with Crippen molar-refractivity contribution in [1.29, 1.82) is 0 Å². The minimum absolute atomic E-state index is 0.0198. The minimum Gasteiger partial charge on any atom is -0.365 e. The number of pyridine rings is 1. The fraction of sp³-hybridized carbons (Fsp3) is 0.438. The summed E-state index contributed by atoms with van der Waals surface area (Å²) in [5.74, 6) is 0.477. The first-order valence-corrected chi connectivity index (χ1v) is 7.39. The number of hydrogen-bond acceptors (Lipinski definition) is 2. The molecule has 1 aromatic carbocycles. The lowest BCUT2D eigenvalue weighted by molar-refractivity contribution is -0.421. The molecule has 0 amide bonds. The average Bonchev–Trinajstić information content (AvgIpc) is 2.44. The van der Waals surface area contributed by atoms with Gasteiger partial charge < -0.3 is 10.6 Å². The van der Waals surface area contributed by atoms with Crippen LogP contribution in [0.25, 0.3) is 10.9 Å². The molecule has 1 aromatic heterocycles. The van der Waals surface area contributed by atoms with Crippen LogP contribution in [0.3, 0.4) is 0 Å². The summed E-state index contributed by atoms with van der Waals surface area (Å²) in [4.78, 5) is 6.11. The molecule has 3 rings (SSSR count). The van der Waals surface area contributed by atoms with Gasteiger partial charge in [0.05, 0.1) is 17.6 Å². The fourth-order valence-electron chi connectivity index (χ4n) is 3.34. The molecule has 2 aromatic rings. The number of quaternary nitrogens is 1. The predicted octanol–water partition coefficient (Wildman–Crippen LogP) is 2.71. The number of rotatable bonds is 1. The van der Waals surface area contributed by atoms with Crippen LogP contribution in [0.4, 0.5) is 18.9 Å². The molecule has 118 valence electrons. The van der Waals surface area contributed by atoms with E-state index in [-0.39, 0.29) is 11.6 Å². The van der Waals surface area contributed by atoms with E-state index in [0.717, 1.165) is 31.3 Å². The normalized spacial score (nSPS) is 23.0. The third kappa shape index (κ3) is 2.75. The molecule has 0 unspecified atom stereocenters. The molecule has 1 fully saturated rings. The summed E-state index contributed by atoms with van der Waals surface area (Å²) in [6.45, 7) is 3.75. The van der Waals surface area contributed by atoms with Crippen molar-refractivity contribution in [1.82, 2.24) is 4.98 Å². The maximum atomic E-state index is 13.2. The van der Waals surface area contributed by atoms with Crippen molar-refractivity contribution in [3.63, 3.8) is 0 Å². The van der Waals surface area contributed by atoms with Crippen LogP contribution in [-0.4, -0.2) is 24.1 Å². The van der Waals surface area contributed by atoms with E-state index in [4.69, 9.17) is 0 Å². The van der Waals surface area contributed by atoms with Crippen LogP contribution >= 0.6 is 0 Å². The van der Waals surface area contributed by atoms with Gasteiger partial charge in [-0.3, -0.25) is 4.98 Å². The van der Waals surface area contributed by atoms with E-state index in [2.05, 4.69) is 22.5 Å². The number of fused-ring (bicyclic) bond motifs is 1. The molecular formula is C16H19F3N3+. The van der Waals surface area contributed by atoms with Crippen molar-refractivity contribution in [2.24, 2.45) is 5.92 Å². The highest BCUT2D eigenvalue weighted by molar-refractivity contribution is 5.94. The number of alkyl halides is 3. The number of aromatic nitrogens is 1. The number of benzene rings is 1. The van der Waals surface area contributed by atoms with E-state index in [9.17, 15) is 13.2 Å². The maximum absolute atomic E-state index is 13.2. The molecule has 1 saturated heterocycles. The molecule has 1 aliphatic heterocycles. The highest BCUT2D eigenvalue weighted by Crippen LogP contribution is 2.38. The number of piperidine rings is 1. The van der Waals surface area contributed by atoms with Gasteiger partial charge >= 0.3 is 6.18 Å². The lowest BCUT2D eigenvalue weighted by Crippen LogP contribution is -2.68. The van der Waals surface area contributed by atoms with Crippen LogP contribution in [0, 0.1) is 5.92 Å². The SMILES string of the molecule is C[C@H]1C[C@@H]([NH3+])CN(c2ccc(C(F)(F)F)c3ncccc23)C1. The number of nitrogens with zero attached hydrogens (tertiary/aromatic N) is 2. The van der Waals surface area contributed by atoms with Gasteiger partial charge in [0.25, 0.3) is 0 Å². The molecule has 22 heavy (non-hydrogen) atoms. The second-order valence-electron chi connectivity index (χ2n) is 6.14. The first-order chi connectivity index (χ1) is 10.4. The molecule has 0 radical (unpaired) electrons. The first-order valence-electron chi connectivity index (χ1n) is 7.39. The van der Waals surface area contributed by atoms with Crippen molar-refractivity contribution in [2.75, 3.05) is 18.0 Å². The van der Waals surface area contributed by atoms with Crippen LogP contribution in [0.15, 0.2) is 30.5 Å². The van der Waals surface area contributed by atoms with Crippen molar-refractivity contribution in [3.05, 3.63) is 36.0 Å². The molecule has 2 atom stereocenters. The number of hydrogen-bond donors (Lipinski definition) is 1. The van der Waals surface area contributed by atoms with E-state index in [0.29, 0.717) is 11.3 Å². The minimum atomic E-state index is -4.39. The van der Waals surface area contributed by atoms with Crippen LogP contribution in [-0.2, 0) is 6.18 Å². The number of anilines is 1. The summed E-state index contributed by atoms with van der Waals surface area (Å²) in [6, 6.07) is 6.39. The van der Waals surface area contributed by atoms with Gasteiger partial charge in [-0.15, -0.1) is 0 Å². The molecule has 6 heteroatoms. The average molecular weight is 310 g/mol. The summed E-state index contributed by atoms with van der Waals surface area (Å²) in [5.41, 5.74) is 4.28. The Hall–Kier alpha value is -1.82. The third-order valence-electron chi connectivity index (χ3n) is 4.14. The number of halogens is 3. The van der Waals surface area contributed by atoms with E-state index < -0.39 is 11.7 Å². The van der Waals surface area contributed by atoms with Gasteiger partial charge in [0.2, 0.25) is 0 Å². The maximum Gasteiger partial charge on any atom is 0.418 e. The van der Waals surface area contributed by atoms with Crippen molar-refractivity contribution in [3.8, 4) is 0 Å². The summed E-state index contributed by atoms with van der Waals surface area (Å²) in [6.07, 6.45) is -1.94. The van der Waals surface area contributed by atoms with Gasteiger partial charge in [-0.05, 0) is 30.2 Å². The van der Waals surface area contributed by atoms with Crippen molar-refractivity contribution >= 4 is 16.6 Å². The van der Waals surface area contributed by atoms with Crippen molar-refractivity contribution < 1.29 is 18.9 Å². The molecule has 2 heterocycles. The zero-order valence-corrected chi connectivity index (χ0v) is 12.4. The third-order valence-corrected chi connectivity index (χ3v) is 4.14. The Morgan fingerprint density at radius 3 is 2.68 bits per heavy atom. The summed E-state index contributed by atoms with van der Waals surface area (Å²) in [7, 11) is 0. The quantitative estimate of drug-likeness (QED) is 0.880. The predicted molar refractivity (Wildman–Crippen MR) is 79.4 cm³/mol. The van der Waals surface area contributed by atoms with Gasteiger partial charge in [-0.2, -0.15) is 13.2 Å². The standard InChI is InChI=1S/C16H18F3N3/c1-10-7-11(20)9-22(8-10)14-5-4-13(16(17,18)19)15-12(14)3-2-6-21-15/h2-6,10-11H,7-9,20H2,1H3/p+1/t10-,11+/m0/s1. The Balaban J connectivity index is 2.12. The Kier molecular flexibility index (Phi) is 3.72. The Labute approximate surface area is 126 Å². The summed E-state index contributed by atoms with van der Waals surface area (Å²) < 4.78 is 39.5. The largest absolute Gasteiger partial charge is 0.418 e. The fourth-order valence-corrected chi connectivity index (χ4v) is 3.34. The van der Waals surface area contributed by atoms with Gasteiger partial charge in [0.15, 0.2) is 0 Å². The van der Waals surface area contributed by atoms with E-state index in [1.807, 2.05) is 0 Å². The van der Waals surface area contributed by atoms with Crippen LogP contribution in [0.2, 0.25) is 0 Å². The topological polar surface area (TPSA) is 43.8 Å². The molecule has 3 N–H and O–H groups in total. The Morgan fingerprint density at radius 1 is 1.23 bits per heavy atom. The molecular weight excluding hydrogens is 291 g/mol. The second-order valence-corrected chi connectivity index (χ2v) is 6.14. The monoisotopic (exact) mass is 310 g/mol. The van der Waals surface area contributed by atoms with Gasteiger partial charge in [0.1, 0.15) is 6.04 Å². The van der Waals surface area contributed by atoms with Crippen molar-refractivity contribution in [2.45, 2.75) is 25.6 Å². The molecule has 0 aliphatic carbocycles. The zero-order chi connectivity index (χ0) is 15.9. The molecule has 0 saturated carbocycles. The second kappa shape index (κ2) is 5.43. The lowest BCUT2D eigenvalue weighted by Gasteiger charge is -2.35. The molecule has 3 nitrogen and oxygen atoms in total.